The minimum absolute atomic E-state index is 0.0895. The molecule has 0 aromatic rings. The zero-order valence-corrected chi connectivity index (χ0v) is 7.66. The maximum atomic E-state index is 11.2. The van der Waals surface area contributed by atoms with Crippen molar-refractivity contribution in [2.75, 3.05) is 6.54 Å². The third-order valence-corrected chi connectivity index (χ3v) is 2.07. The number of hydrogen-bond acceptors (Lipinski definition) is 3. The molecule has 0 aliphatic carbocycles. The fourth-order valence-corrected chi connectivity index (χ4v) is 1.45. The van der Waals surface area contributed by atoms with E-state index in [4.69, 9.17) is 0 Å². The van der Waals surface area contributed by atoms with Gasteiger partial charge in [-0.15, -0.1) is 0 Å². The Morgan fingerprint density at radius 1 is 1.62 bits per heavy atom. The molecule has 0 bridgehead atoms. The second-order valence-corrected chi connectivity index (χ2v) is 2.94. The van der Waals surface area contributed by atoms with Crippen LogP contribution in [0, 0.1) is 0 Å². The topological polar surface area (TPSA) is 66.5 Å². The highest BCUT2D eigenvalue weighted by Crippen LogP contribution is 2.10. The van der Waals surface area contributed by atoms with Gasteiger partial charge in [0.05, 0.1) is 6.42 Å². The van der Waals surface area contributed by atoms with Crippen LogP contribution < -0.4 is 5.32 Å². The SMILES string of the molecule is CCN(C(C)=O)C1CC(=O)NC1=O. The van der Waals surface area contributed by atoms with Crippen LogP contribution in [0.25, 0.3) is 0 Å². The Hall–Kier alpha value is -1.39. The van der Waals surface area contributed by atoms with Gasteiger partial charge in [-0.2, -0.15) is 0 Å². The molecule has 0 spiro atoms. The Bertz CT molecular complexity index is 262. The van der Waals surface area contributed by atoms with Gasteiger partial charge in [0.25, 0.3) is 0 Å². The molecule has 1 heterocycles. The van der Waals surface area contributed by atoms with E-state index in [1.165, 1.54) is 11.8 Å². The van der Waals surface area contributed by atoms with Gasteiger partial charge in [0.15, 0.2) is 0 Å². The smallest absolute Gasteiger partial charge is 0.249 e. The second kappa shape index (κ2) is 3.55. The van der Waals surface area contributed by atoms with Crippen molar-refractivity contribution in [3.8, 4) is 0 Å². The van der Waals surface area contributed by atoms with E-state index in [9.17, 15) is 14.4 Å². The van der Waals surface area contributed by atoms with Gasteiger partial charge in [-0.25, -0.2) is 0 Å². The van der Waals surface area contributed by atoms with Gasteiger partial charge in [-0.1, -0.05) is 0 Å². The van der Waals surface area contributed by atoms with Crippen molar-refractivity contribution in [1.29, 1.82) is 0 Å². The summed E-state index contributed by atoms with van der Waals surface area (Å²) >= 11 is 0. The van der Waals surface area contributed by atoms with Crippen molar-refractivity contribution in [2.45, 2.75) is 26.3 Å². The van der Waals surface area contributed by atoms with Gasteiger partial charge < -0.3 is 4.90 Å². The van der Waals surface area contributed by atoms with Crippen LogP contribution in [0.3, 0.4) is 0 Å². The average molecular weight is 184 g/mol. The summed E-state index contributed by atoms with van der Waals surface area (Å²) in [6.07, 6.45) is 0.0895. The lowest BCUT2D eigenvalue weighted by Crippen LogP contribution is -2.43. The maximum absolute atomic E-state index is 11.2. The highest BCUT2D eigenvalue weighted by molar-refractivity contribution is 6.06. The van der Waals surface area contributed by atoms with Crippen molar-refractivity contribution in [1.82, 2.24) is 10.2 Å². The van der Waals surface area contributed by atoms with E-state index in [1.54, 1.807) is 6.92 Å². The number of carbonyl (C=O) groups is 3. The Balaban J connectivity index is 2.75. The van der Waals surface area contributed by atoms with Crippen LogP contribution in [0.1, 0.15) is 20.3 Å². The fraction of sp³-hybridized carbons (Fsp3) is 0.625. The van der Waals surface area contributed by atoms with E-state index >= 15 is 0 Å². The van der Waals surface area contributed by atoms with Gasteiger partial charge >= 0.3 is 0 Å². The number of rotatable bonds is 2. The van der Waals surface area contributed by atoms with Crippen LogP contribution >= 0.6 is 0 Å². The number of carbonyl (C=O) groups excluding carboxylic acids is 3. The highest BCUT2D eigenvalue weighted by Gasteiger charge is 2.35. The Labute approximate surface area is 76.1 Å². The van der Waals surface area contributed by atoms with Gasteiger partial charge in [0.1, 0.15) is 6.04 Å². The summed E-state index contributed by atoms with van der Waals surface area (Å²) in [4.78, 5) is 34.4. The summed E-state index contributed by atoms with van der Waals surface area (Å²) in [5.41, 5.74) is 0. The van der Waals surface area contributed by atoms with Crippen LogP contribution in [0.2, 0.25) is 0 Å². The van der Waals surface area contributed by atoms with Crippen LogP contribution in [-0.4, -0.2) is 35.2 Å². The standard InChI is InChI=1S/C8H12N2O3/c1-3-10(5(2)11)6-4-7(12)9-8(6)13/h6H,3-4H2,1-2H3,(H,9,12,13). The van der Waals surface area contributed by atoms with Crippen molar-refractivity contribution in [2.24, 2.45) is 0 Å². The molecule has 13 heavy (non-hydrogen) atoms. The van der Waals surface area contributed by atoms with E-state index < -0.39 is 6.04 Å². The molecule has 0 saturated carbocycles. The van der Waals surface area contributed by atoms with Crippen molar-refractivity contribution in [3.63, 3.8) is 0 Å². The first kappa shape index (κ1) is 9.70. The molecular weight excluding hydrogens is 172 g/mol. The first-order valence-electron chi connectivity index (χ1n) is 4.17. The second-order valence-electron chi connectivity index (χ2n) is 2.94. The minimum atomic E-state index is -0.602. The van der Waals surface area contributed by atoms with Gasteiger partial charge in [-0.05, 0) is 6.92 Å². The molecule has 5 heteroatoms. The quantitative estimate of drug-likeness (QED) is 0.575. The van der Waals surface area contributed by atoms with E-state index in [2.05, 4.69) is 5.32 Å². The van der Waals surface area contributed by atoms with Crippen molar-refractivity contribution < 1.29 is 14.4 Å². The lowest BCUT2D eigenvalue weighted by atomic mass is 10.2. The summed E-state index contributed by atoms with van der Waals surface area (Å²) in [5.74, 6) is -0.867. The minimum Gasteiger partial charge on any atom is -0.331 e. The fourth-order valence-electron chi connectivity index (χ4n) is 1.45. The maximum Gasteiger partial charge on any atom is 0.249 e. The molecule has 1 aliphatic heterocycles. The van der Waals surface area contributed by atoms with Crippen LogP contribution in [0.4, 0.5) is 0 Å². The number of nitrogens with zero attached hydrogens (tertiary/aromatic N) is 1. The molecule has 1 unspecified atom stereocenters. The van der Waals surface area contributed by atoms with Crippen molar-refractivity contribution >= 4 is 17.7 Å². The molecular formula is C8H12N2O3. The largest absolute Gasteiger partial charge is 0.331 e. The molecule has 1 atom stereocenters. The van der Waals surface area contributed by atoms with Crippen LogP contribution in [0.15, 0.2) is 0 Å². The van der Waals surface area contributed by atoms with Crippen LogP contribution in [0.5, 0.6) is 0 Å². The third-order valence-electron chi connectivity index (χ3n) is 2.07. The Morgan fingerprint density at radius 3 is 2.54 bits per heavy atom. The Kier molecular flexibility index (Phi) is 2.65. The number of nitrogens with one attached hydrogen (secondary N) is 1. The predicted octanol–water partition coefficient (Wildman–Crippen LogP) is -0.730. The van der Waals surface area contributed by atoms with E-state index in [0.717, 1.165) is 0 Å². The molecule has 0 aromatic heterocycles. The molecule has 5 nitrogen and oxygen atoms in total. The van der Waals surface area contributed by atoms with Gasteiger partial charge in [0.2, 0.25) is 17.7 Å². The normalized spacial score (nSPS) is 21.5. The molecule has 1 fully saturated rings. The number of amides is 3. The molecule has 72 valence electrons. The predicted molar refractivity (Wildman–Crippen MR) is 44.6 cm³/mol. The highest BCUT2D eigenvalue weighted by atomic mass is 16.2. The lowest BCUT2D eigenvalue weighted by Gasteiger charge is -2.23. The Morgan fingerprint density at radius 2 is 2.23 bits per heavy atom. The molecule has 0 aromatic carbocycles. The number of hydrogen-bond donors (Lipinski definition) is 1. The molecule has 1 aliphatic rings. The third kappa shape index (κ3) is 1.85. The number of likely N-dealkylation sites (N-methyl/N-ethyl adjacent to an activating group) is 1. The zero-order valence-electron chi connectivity index (χ0n) is 7.66. The first-order chi connectivity index (χ1) is 6.06. The van der Waals surface area contributed by atoms with Crippen molar-refractivity contribution in [3.05, 3.63) is 0 Å². The first-order valence-corrected chi connectivity index (χ1v) is 4.17. The van der Waals surface area contributed by atoms with E-state index in [0.29, 0.717) is 6.54 Å². The van der Waals surface area contributed by atoms with E-state index in [1.807, 2.05) is 0 Å². The average Bonchev–Trinajstić information content (AvgIpc) is 2.31. The van der Waals surface area contributed by atoms with Gasteiger partial charge in [0, 0.05) is 13.5 Å². The monoisotopic (exact) mass is 184 g/mol. The molecule has 1 rings (SSSR count). The lowest BCUT2D eigenvalue weighted by molar-refractivity contribution is -0.137. The number of imide groups is 1. The summed E-state index contributed by atoms with van der Waals surface area (Å²) in [5, 5.41) is 2.16. The van der Waals surface area contributed by atoms with Crippen LogP contribution in [-0.2, 0) is 14.4 Å². The summed E-state index contributed by atoms with van der Waals surface area (Å²) in [7, 11) is 0. The van der Waals surface area contributed by atoms with Gasteiger partial charge in [-0.3, -0.25) is 19.7 Å². The zero-order chi connectivity index (χ0) is 10.0. The molecule has 3 amide bonds. The molecule has 1 N–H and O–H groups in total. The summed E-state index contributed by atoms with van der Waals surface area (Å²) in [6, 6.07) is -0.602. The van der Waals surface area contributed by atoms with E-state index in [-0.39, 0.29) is 24.1 Å². The summed E-state index contributed by atoms with van der Waals surface area (Å²) in [6.45, 7) is 3.61. The molecule has 0 radical (unpaired) electrons. The summed E-state index contributed by atoms with van der Waals surface area (Å²) < 4.78 is 0. The molecule has 1 saturated heterocycles.